The van der Waals surface area contributed by atoms with Crippen LogP contribution in [0.15, 0.2) is 60.7 Å². The van der Waals surface area contributed by atoms with E-state index in [0.717, 1.165) is 6.42 Å². The summed E-state index contributed by atoms with van der Waals surface area (Å²) in [6.07, 6.45) is 1.63. The van der Waals surface area contributed by atoms with Gasteiger partial charge in [-0.1, -0.05) is 88.4 Å². The Kier molecular flexibility index (Phi) is 6.88. The lowest BCUT2D eigenvalue weighted by Gasteiger charge is -2.53. The number of methoxy groups -OCH3 is 1. The molecule has 162 valence electrons. The van der Waals surface area contributed by atoms with E-state index < -0.39 is 5.60 Å². The molecule has 30 heavy (non-hydrogen) atoms. The van der Waals surface area contributed by atoms with E-state index in [2.05, 4.69) is 76.2 Å². The van der Waals surface area contributed by atoms with Crippen LogP contribution < -0.4 is 0 Å². The topological polar surface area (TPSA) is 35.5 Å². The van der Waals surface area contributed by atoms with Crippen LogP contribution in [-0.4, -0.2) is 29.2 Å². The lowest BCUT2D eigenvalue weighted by molar-refractivity contribution is -0.176. The molecule has 1 fully saturated rings. The number of esters is 1. The van der Waals surface area contributed by atoms with Gasteiger partial charge in [-0.05, 0) is 41.2 Å². The number of ether oxygens (including phenoxy) is 1. The maximum atomic E-state index is 13.4. The van der Waals surface area contributed by atoms with Gasteiger partial charge in [-0.15, -0.1) is 0 Å². The Labute approximate surface area is 184 Å². The minimum atomic E-state index is -0.915. The van der Waals surface area contributed by atoms with E-state index in [0.29, 0.717) is 28.7 Å². The van der Waals surface area contributed by atoms with E-state index in [1.807, 2.05) is 12.1 Å². The van der Waals surface area contributed by atoms with Gasteiger partial charge in [0, 0.05) is 11.8 Å². The number of carbonyl (C=O) groups is 1. The zero-order valence-electron chi connectivity index (χ0n) is 19.2. The van der Waals surface area contributed by atoms with Crippen LogP contribution in [0.4, 0.5) is 0 Å². The second-order valence-electron chi connectivity index (χ2n) is 9.88. The first kappa shape index (κ1) is 22.8. The van der Waals surface area contributed by atoms with Crippen molar-refractivity contribution >= 4 is 16.5 Å². The van der Waals surface area contributed by atoms with Gasteiger partial charge in [0.25, 0.3) is 0 Å². The van der Waals surface area contributed by atoms with Gasteiger partial charge in [-0.2, -0.15) is 0 Å². The smallest absolute Gasteiger partial charge is 0.337 e. The van der Waals surface area contributed by atoms with Crippen LogP contribution in [0.2, 0.25) is 0 Å². The average molecular weight is 425 g/mol. The molecule has 4 heteroatoms. The molecule has 2 aromatic rings. The van der Waals surface area contributed by atoms with Gasteiger partial charge in [0.2, 0.25) is 0 Å². The summed E-state index contributed by atoms with van der Waals surface area (Å²) in [6, 6.07) is 21.1. The Morgan fingerprint density at radius 2 is 1.53 bits per heavy atom. The SMILES string of the molecule is COC(=O)C1(O[SiH3])CC(C(C)(C)C)C(C)CC1C(c1ccccc1)c1ccccc1. The highest BCUT2D eigenvalue weighted by Gasteiger charge is 2.57. The van der Waals surface area contributed by atoms with Crippen molar-refractivity contribution < 1.29 is 14.0 Å². The second-order valence-corrected chi connectivity index (χ2v) is 10.3. The standard InChI is InChI=1S/C26H36O3Si/c1-18-16-21(26(29-30,24(27)28-5)17-22(18)25(2,3)4)23(19-12-8-6-9-13-19)20-14-10-7-11-15-20/h6-15,18,21-23H,16-17H2,1-5,30H3. The molecule has 0 saturated heterocycles. The Morgan fingerprint density at radius 1 is 1.03 bits per heavy atom. The van der Waals surface area contributed by atoms with Gasteiger partial charge < -0.3 is 9.16 Å². The summed E-state index contributed by atoms with van der Waals surface area (Å²) in [5, 5.41) is 0. The summed E-state index contributed by atoms with van der Waals surface area (Å²) in [6.45, 7) is 9.16. The minimum Gasteiger partial charge on any atom is -0.467 e. The van der Waals surface area contributed by atoms with Crippen molar-refractivity contribution in [2.75, 3.05) is 7.11 Å². The van der Waals surface area contributed by atoms with E-state index >= 15 is 0 Å². The molecule has 0 bridgehead atoms. The van der Waals surface area contributed by atoms with Crippen molar-refractivity contribution in [3.63, 3.8) is 0 Å². The van der Waals surface area contributed by atoms with E-state index in [1.54, 1.807) is 0 Å². The second kappa shape index (κ2) is 9.07. The molecule has 2 aromatic carbocycles. The molecule has 0 heterocycles. The molecule has 0 aromatic heterocycles. The lowest BCUT2D eigenvalue weighted by Crippen LogP contribution is -2.57. The first-order chi connectivity index (χ1) is 14.2. The largest absolute Gasteiger partial charge is 0.467 e. The maximum absolute atomic E-state index is 13.4. The van der Waals surface area contributed by atoms with Gasteiger partial charge >= 0.3 is 5.97 Å². The van der Waals surface area contributed by atoms with Crippen molar-refractivity contribution in [3.8, 4) is 0 Å². The number of carbonyl (C=O) groups excluding carboxylic acids is 1. The van der Waals surface area contributed by atoms with Crippen LogP contribution in [0.25, 0.3) is 0 Å². The Balaban J connectivity index is 2.18. The molecule has 1 aliphatic carbocycles. The number of benzene rings is 2. The highest BCUT2D eigenvalue weighted by atomic mass is 28.2. The van der Waals surface area contributed by atoms with Gasteiger partial charge in [-0.25, -0.2) is 4.79 Å². The molecule has 4 unspecified atom stereocenters. The molecule has 1 aliphatic rings. The summed E-state index contributed by atoms with van der Waals surface area (Å²) >= 11 is 0. The predicted octanol–water partition coefficient (Wildman–Crippen LogP) is 4.74. The van der Waals surface area contributed by atoms with Crippen LogP contribution in [0.5, 0.6) is 0 Å². The van der Waals surface area contributed by atoms with Crippen LogP contribution >= 0.6 is 0 Å². The Morgan fingerprint density at radius 3 is 1.93 bits per heavy atom. The number of hydrogen-bond acceptors (Lipinski definition) is 3. The van der Waals surface area contributed by atoms with Gasteiger partial charge in [0.15, 0.2) is 5.60 Å². The Hall–Kier alpha value is -1.91. The normalized spacial score (nSPS) is 27.2. The minimum absolute atomic E-state index is 0.0147. The first-order valence-corrected chi connectivity index (χ1v) is 11.8. The van der Waals surface area contributed by atoms with E-state index in [-0.39, 0.29) is 23.2 Å². The summed E-state index contributed by atoms with van der Waals surface area (Å²) in [5.41, 5.74) is 1.63. The third kappa shape index (κ3) is 4.26. The fourth-order valence-electron chi connectivity index (χ4n) is 5.70. The van der Waals surface area contributed by atoms with Crippen LogP contribution in [0.1, 0.15) is 57.6 Å². The average Bonchev–Trinajstić information content (AvgIpc) is 2.74. The third-order valence-corrected chi connectivity index (χ3v) is 7.89. The summed E-state index contributed by atoms with van der Waals surface area (Å²) in [7, 11) is 1.98. The van der Waals surface area contributed by atoms with E-state index in [1.165, 1.54) is 18.2 Å². The molecule has 0 aliphatic heterocycles. The van der Waals surface area contributed by atoms with Crippen molar-refractivity contribution in [3.05, 3.63) is 71.8 Å². The zero-order chi connectivity index (χ0) is 21.9. The van der Waals surface area contributed by atoms with E-state index in [4.69, 9.17) is 9.16 Å². The van der Waals surface area contributed by atoms with Gasteiger partial charge in [0.05, 0.1) is 7.11 Å². The lowest BCUT2D eigenvalue weighted by atomic mass is 9.55. The highest BCUT2D eigenvalue weighted by Crippen LogP contribution is 2.54. The van der Waals surface area contributed by atoms with Crippen molar-refractivity contribution in [2.24, 2.45) is 23.2 Å². The molecular formula is C26H36O3Si. The molecule has 0 amide bonds. The summed E-state index contributed by atoms with van der Waals surface area (Å²) < 4.78 is 11.7. The molecule has 1 saturated carbocycles. The molecule has 4 atom stereocenters. The molecule has 0 spiro atoms. The molecule has 0 N–H and O–H groups in total. The van der Waals surface area contributed by atoms with Crippen LogP contribution in [0, 0.1) is 23.2 Å². The Bertz CT molecular complexity index is 791. The number of hydrogen-bond donors (Lipinski definition) is 0. The number of rotatable bonds is 5. The first-order valence-electron chi connectivity index (χ1n) is 11.0. The molecule has 3 nitrogen and oxygen atoms in total. The molecule has 0 radical (unpaired) electrons. The van der Waals surface area contributed by atoms with Crippen molar-refractivity contribution in [1.29, 1.82) is 0 Å². The monoisotopic (exact) mass is 424 g/mol. The quantitative estimate of drug-likeness (QED) is 0.514. The highest BCUT2D eigenvalue weighted by molar-refractivity contribution is 6.00. The van der Waals surface area contributed by atoms with Crippen LogP contribution in [-0.2, 0) is 14.0 Å². The maximum Gasteiger partial charge on any atom is 0.337 e. The summed E-state index contributed by atoms with van der Waals surface area (Å²) in [4.78, 5) is 13.4. The van der Waals surface area contributed by atoms with E-state index in [9.17, 15) is 4.79 Å². The molecule has 3 rings (SSSR count). The van der Waals surface area contributed by atoms with Gasteiger partial charge in [0.1, 0.15) is 10.5 Å². The predicted molar refractivity (Wildman–Crippen MR) is 125 cm³/mol. The van der Waals surface area contributed by atoms with Crippen molar-refractivity contribution in [2.45, 2.75) is 52.1 Å². The third-order valence-electron chi connectivity index (χ3n) is 7.16. The van der Waals surface area contributed by atoms with Gasteiger partial charge in [-0.3, -0.25) is 0 Å². The summed E-state index contributed by atoms with van der Waals surface area (Å²) in [5.74, 6) is 0.735. The fraction of sp³-hybridized carbons (Fsp3) is 0.500. The molecular weight excluding hydrogens is 388 g/mol. The zero-order valence-corrected chi connectivity index (χ0v) is 21.2. The van der Waals surface area contributed by atoms with Crippen LogP contribution in [0.3, 0.4) is 0 Å². The fourth-order valence-corrected chi connectivity index (χ4v) is 6.34. The van der Waals surface area contributed by atoms with Crippen molar-refractivity contribution in [1.82, 2.24) is 0 Å².